The van der Waals surface area contributed by atoms with Crippen LogP contribution in [0.2, 0.25) is 0 Å². The SMILES string of the molecule is CCN1C(=O)CC(C)c2cc(NS(=O)(=O)Cc3ccc(C4CC4)cc3)ccc21. The minimum Gasteiger partial charge on any atom is -0.312 e. The predicted octanol–water partition coefficient (Wildman–Crippen LogP) is 4.37. The van der Waals surface area contributed by atoms with Gasteiger partial charge in [-0.05, 0) is 66.5 Å². The van der Waals surface area contributed by atoms with Crippen molar-refractivity contribution in [3.63, 3.8) is 0 Å². The van der Waals surface area contributed by atoms with Crippen molar-refractivity contribution in [2.24, 2.45) is 0 Å². The van der Waals surface area contributed by atoms with Gasteiger partial charge in [-0.3, -0.25) is 9.52 Å². The number of carbonyl (C=O) groups excluding carboxylic acids is 1. The molecule has 1 N–H and O–H groups in total. The van der Waals surface area contributed by atoms with Crippen molar-refractivity contribution in [1.82, 2.24) is 0 Å². The Morgan fingerprint density at radius 3 is 2.46 bits per heavy atom. The summed E-state index contributed by atoms with van der Waals surface area (Å²) in [6, 6.07) is 13.3. The first-order valence-corrected chi connectivity index (χ1v) is 11.5. The van der Waals surface area contributed by atoms with Crippen molar-refractivity contribution < 1.29 is 13.2 Å². The fourth-order valence-electron chi connectivity index (χ4n) is 3.96. The molecular formula is C22H26N2O3S. The highest BCUT2D eigenvalue weighted by atomic mass is 32.2. The number of fused-ring (bicyclic) bond motifs is 1. The van der Waals surface area contributed by atoms with Gasteiger partial charge < -0.3 is 4.90 Å². The van der Waals surface area contributed by atoms with Gasteiger partial charge in [0.1, 0.15) is 0 Å². The van der Waals surface area contributed by atoms with Crippen LogP contribution in [0.4, 0.5) is 11.4 Å². The second-order valence-electron chi connectivity index (χ2n) is 7.89. The second-order valence-corrected chi connectivity index (χ2v) is 9.62. The Balaban J connectivity index is 1.51. The van der Waals surface area contributed by atoms with Crippen molar-refractivity contribution in [3.05, 3.63) is 59.2 Å². The van der Waals surface area contributed by atoms with Crippen LogP contribution in [0.25, 0.3) is 0 Å². The molecule has 1 heterocycles. The maximum absolute atomic E-state index is 12.6. The van der Waals surface area contributed by atoms with E-state index < -0.39 is 10.0 Å². The summed E-state index contributed by atoms with van der Waals surface area (Å²) in [5, 5.41) is 0. The van der Waals surface area contributed by atoms with Gasteiger partial charge in [0.05, 0.1) is 5.75 Å². The topological polar surface area (TPSA) is 66.5 Å². The number of anilines is 2. The Kier molecular flexibility index (Phi) is 4.91. The second kappa shape index (κ2) is 7.24. The highest BCUT2D eigenvalue weighted by molar-refractivity contribution is 7.91. The van der Waals surface area contributed by atoms with Gasteiger partial charge in [0, 0.05) is 24.3 Å². The Labute approximate surface area is 166 Å². The number of amides is 1. The number of benzene rings is 2. The third kappa shape index (κ3) is 3.92. The standard InChI is InChI=1S/C22H26N2O3S/c1-3-24-21-11-10-19(13-20(21)15(2)12-22(24)25)23-28(26,27)14-16-4-6-17(7-5-16)18-8-9-18/h4-7,10-11,13,15,18,23H,3,8-9,12,14H2,1-2H3. The average molecular weight is 399 g/mol. The van der Waals surface area contributed by atoms with E-state index in [4.69, 9.17) is 0 Å². The van der Waals surface area contributed by atoms with Crippen LogP contribution < -0.4 is 9.62 Å². The fraction of sp³-hybridized carbons (Fsp3) is 0.409. The minimum atomic E-state index is -3.51. The Hall–Kier alpha value is -2.34. The molecule has 2 aromatic rings. The van der Waals surface area contributed by atoms with Gasteiger partial charge in [0.2, 0.25) is 15.9 Å². The molecule has 1 unspecified atom stereocenters. The van der Waals surface area contributed by atoms with Crippen LogP contribution in [-0.2, 0) is 20.6 Å². The zero-order valence-corrected chi connectivity index (χ0v) is 17.1. The molecule has 1 fully saturated rings. The number of nitrogens with one attached hydrogen (secondary N) is 1. The van der Waals surface area contributed by atoms with Crippen molar-refractivity contribution in [1.29, 1.82) is 0 Å². The van der Waals surface area contributed by atoms with Gasteiger partial charge in [-0.1, -0.05) is 31.2 Å². The monoisotopic (exact) mass is 398 g/mol. The predicted molar refractivity (Wildman–Crippen MR) is 112 cm³/mol. The van der Waals surface area contributed by atoms with Crippen molar-refractivity contribution in [3.8, 4) is 0 Å². The van der Waals surface area contributed by atoms with Gasteiger partial charge in [0.15, 0.2) is 0 Å². The Morgan fingerprint density at radius 1 is 1.11 bits per heavy atom. The summed E-state index contributed by atoms with van der Waals surface area (Å²) >= 11 is 0. The molecule has 1 saturated carbocycles. The number of carbonyl (C=O) groups is 1. The molecule has 6 heteroatoms. The first-order chi connectivity index (χ1) is 13.4. The molecule has 0 spiro atoms. The quantitative estimate of drug-likeness (QED) is 0.786. The average Bonchev–Trinajstić information content (AvgIpc) is 3.47. The summed E-state index contributed by atoms with van der Waals surface area (Å²) in [6.45, 7) is 4.56. The van der Waals surface area contributed by atoms with Crippen LogP contribution in [0.5, 0.6) is 0 Å². The number of rotatable bonds is 6. The zero-order chi connectivity index (χ0) is 19.9. The molecular weight excluding hydrogens is 372 g/mol. The molecule has 1 atom stereocenters. The van der Waals surface area contributed by atoms with Crippen LogP contribution in [0.15, 0.2) is 42.5 Å². The molecule has 1 aliphatic carbocycles. The molecule has 0 radical (unpaired) electrons. The van der Waals surface area contributed by atoms with Crippen LogP contribution in [0.1, 0.15) is 61.6 Å². The molecule has 4 rings (SSSR count). The van der Waals surface area contributed by atoms with Gasteiger partial charge in [-0.15, -0.1) is 0 Å². The molecule has 28 heavy (non-hydrogen) atoms. The van der Waals surface area contributed by atoms with Crippen molar-refractivity contribution in [2.45, 2.75) is 50.7 Å². The number of hydrogen-bond acceptors (Lipinski definition) is 3. The van der Waals surface area contributed by atoms with Crippen LogP contribution in [0, 0.1) is 0 Å². The lowest BCUT2D eigenvalue weighted by atomic mass is 9.90. The highest BCUT2D eigenvalue weighted by Gasteiger charge is 2.28. The maximum atomic E-state index is 12.6. The van der Waals surface area contributed by atoms with E-state index in [-0.39, 0.29) is 17.6 Å². The third-order valence-corrected chi connectivity index (χ3v) is 6.87. The number of nitrogens with zero attached hydrogens (tertiary/aromatic N) is 1. The zero-order valence-electron chi connectivity index (χ0n) is 16.3. The smallest absolute Gasteiger partial charge is 0.236 e. The van der Waals surface area contributed by atoms with E-state index in [1.54, 1.807) is 11.0 Å². The first kappa shape index (κ1) is 19.0. The molecule has 0 bridgehead atoms. The normalized spacial score (nSPS) is 19.4. The Morgan fingerprint density at radius 2 is 1.82 bits per heavy atom. The summed E-state index contributed by atoms with van der Waals surface area (Å²) in [4.78, 5) is 14.0. The van der Waals surface area contributed by atoms with Gasteiger partial charge >= 0.3 is 0 Å². The summed E-state index contributed by atoms with van der Waals surface area (Å²) in [5.41, 5.74) is 4.52. The Bertz CT molecular complexity index is 995. The molecule has 5 nitrogen and oxygen atoms in total. The molecule has 2 aromatic carbocycles. The third-order valence-electron chi connectivity index (χ3n) is 5.61. The lowest BCUT2D eigenvalue weighted by Crippen LogP contribution is -2.36. The van der Waals surface area contributed by atoms with Crippen molar-refractivity contribution >= 4 is 27.3 Å². The molecule has 0 saturated heterocycles. The van der Waals surface area contributed by atoms with E-state index >= 15 is 0 Å². The van der Waals surface area contributed by atoms with Crippen LogP contribution in [-0.4, -0.2) is 20.9 Å². The highest BCUT2D eigenvalue weighted by Crippen LogP contribution is 2.40. The lowest BCUT2D eigenvalue weighted by molar-refractivity contribution is -0.119. The van der Waals surface area contributed by atoms with Gasteiger partial charge in [0.25, 0.3) is 0 Å². The number of sulfonamides is 1. The maximum Gasteiger partial charge on any atom is 0.236 e. The summed E-state index contributed by atoms with van der Waals surface area (Å²) < 4.78 is 28.0. The van der Waals surface area contributed by atoms with E-state index in [1.165, 1.54) is 18.4 Å². The summed E-state index contributed by atoms with van der Waals surface area (Å²) in [7, 11) is -3.51. The number of hydrogen-bond donors (Lipinski definition) is 1. The fourth-order valence-corrected chi connectivity index (χ4v) is 5.15. The summed E-state index contributed by atoms with van der Waals surface area (Å²) in [6.07, 6.45) is 2.92. The molecule has 148 valence electrons. The molecule has 2 aliphatic rings. The lowest BCUT2D eigenvalue weighted by Gasteiger charge is -2.32. The van der Waals surface area contributed by atoms with E-state index in [9.17, 15) is 13.2 Å². The van der Waals surface area contributed by atoms with Gasteiger partial charge in [-0.25, -0.2) is 8.42 Å². The molecule has 1 amide bonds. The van der Waals surface area contributed by atoms with E-state index in [0.29, 0.717) is 24.6 Å². The van der Waals surface area contributed by atoms with Crippen molar-refractivity contribution in [2.75, 3.05) is 16.2 Å². The summed E-state index contributed by atoms with van der Waals surface area (Å²) in [5.74, 6) is 0.801. The van der Waals surface area contributed by atoms with E-state index in [2.05, 4.69) is 4.72 Å². The largest absolute Gasteiger partial charge is 0.312 e. The van der Waals surface area contributed by atoms with Crippen LogP contribution in [0.3, 0.4) is 0 Å². The van der Waals surface area contributed by atoms with E-state index in [0.717, 1.165) is 16.8 Å². The minimum absolute atomic E-state index is 0.0514. The molecule has 0 aromatic heterocycles. The van der Waals surface area contributed by atoms with Gasteiger partial charge in [-0.2, -0.15) is 0 Å². The molecule has 1 aliphatic heterocycles. The van der Waals surface area contributed by atoms with Crippen LogP contribution >= 0.6 is 0 Å². The first-order valence-electron chi connectivity index (χ1n) is 9.90. The van der Waals surface area contributed by atoms with E-state index in [1.807, 2.05) is 50.2 Å².